The van der Waals surface area contributed by atoms with Crippen molar-refractivity contribution in [3.05, 3.63) is 72.0 Å². The molecular weight excluding hydrogens is 379 g/mol. The highest BCUT2D eigenvalue weighted by Gasteiger charge is 2.30. The van der Waals surface area contributed by atoms with Gasteiger partial charge in [-0.15, -0.1) is 0 Å². The number of aromatic hydroxyl groups is 1. The van der Waals surface area contributed by atoms with Gasteiger partial charge in [-0.05, 0) is 41.1 Å². The first-order chi connectivity index (χ1) is 13.4. The van der Waals surface area contributed by atoms with E-state index in [2.05, 4.69) is 0 Å². The van der Waals surface area contributed by atoms with Crippen LogP contribution < -0.4 is 4.90 Å². The maximum atomic E-state index is 13.1. The van der Waals surface area contributed by atoms with Crippen molar-refractivity contribution in [3.8, 4) is 5.75 Å². The van der Waals surface area contributed by atoms with Gasteiger partial charge in [0.1, 0.15) is 18.1 Å². The van der Waals surface area contributed by atoms with E-state index in [1.54, 1.807) is 6.07 Å². The van der Waals surface area contributed by atoms with Crippen molar-refractivity contribution in [1.29, 1.82) is 0 Å². The summed E-state index contributed by atoms with van der Waals surface area (Å²) in [6, 6.07) is 16.5. The van der Waals surface area contributed by atoms with Gasteiger partial charge in [0.25, 0.3) is 0 Å². The fourth-order valence-electron chi connectivity index (χ4n) is 3.74. The molecule has 3 aromatic carbocycles. The van der Waals surface area contributed by atoms with E-state index in [9.17, 15) is 17.9 Å². The molecule has 0 aromatic heterocycles. The van der Waals surface area contributed by atoms with E-state index in [-0.39, 0.29) is 10.6 Å². The zero-order chi connectivity index (χ0) is 19.7. The second-order valence-electron chi connectivity index (χ2n) is 7.07. The van der Waals surface area contributed by atoms with Crippen molar-refractivity contribution in [2.24, 2.45) is 0 Å². The number of hydrogen-bond donors (Lipinski definition) is 2. The lowest BCUT2D eigenvalue weighted by Crippen LogP contribution is -3.13. The third-order valence-electron chi connectivity index (χ3n) is 5.32. The van der Waals surface area contributed by atoms with Crippen LogP contribution in [0.3, 0.4) is 0 Å². The van der Waals surface area contributed by atoms with E-state index < -0.39 is 15.8 Å². The number of nitrogens with one attached hydrogen (secondary N) is 1. The lowest BCUT2D eigenvalue weighted by Gasteiger charge is -2.31. The molecule has 3 aromatic rings. The van der Waals surface area contributed by atoms with Gasteiger partial charge >= 0.3 is 0 Å². The predicted molar refractivity (Wildman–Crippen MR) is 105 cm³/mol. The Morgan fingerprint density at radius 2 is 1.64 bits per heavy atom. The van der Waals surface area contributed by atoms with Crippen LogP contribution in [0.2, 0.25) is 0 Å². The molecule has 1 saturated heterocycles. The Balaban J connectivity index is 1.48. The number of phenolic OH excluding ortho intramolecular Hbond substituents is 1. The van der Waals surface area contributed by atoms with Crippen molar-refractivity contribution in [2.45, 2.75) is 11.4 Å². The number of rotatable bonds is 4. The summed E-state index contributed by atoms with van der Waals surface area (Å²) in [4.78, 5) is 1.33. The monoisotopic (exact) mass is 401 g/mol. The first-order valence-corrected chi connectivity index (χ1v) is 10.7. The van der Waals surface area contributed by atoms with Crippen LogP contribution in [0, 0.1) is 5.82 Å². The molecule has 1 aliphatic heterocycles. The molecule has 0 bridgehead atoms. The predicted octanol–water partition coefficient (Wildman–Crippen LogP) is 1.77. The van der Waals surface area contributed by atoms with E-state index >= 15 is 0 Å². The molecule has 7 heteroatoms. The minimum Gasteiger partial charge on any atom is -0.507 e. The van der Waals surface area contributed by atoms with Gasteiger partial charge in [-0.25, -0.2) is 12.8 Å². The molecule has 2 N–H and O–H groups in total. The number of phenols is 1. The van der Waals surface area contributed by atoms with Gasteiger partial charge in [-0.1, -0.05) is 30.3 Å². The molecule has 1 fully saturated rings. The summed E-state index contributed by atoms with van der Waals surface area (Å²) < 4.78 is 40.0. The molecule has 0 unspecified atom stereocenters. The molecule has 0 amide bonds. The molecule has 5 nitrogen and oxygen atoms in total. The highest BCUT2D eigenvalue weighted by molar-refractivity contribution is 7.89. The molecule has 0 spiro atoms. The molecule has 0 saturated carbocycles. The van der Waals surface area contributed by atoms with E-state index in [0.29, 0.717) is 32.7 Å². The number of sulfonamides is 1. The normalized spacial score (nSPS) is 16.5. The van der Waals surface area contributed by atoms with Crippen LogP contribution >= 0.6 is 0 Å². The average molecular weight is 401 g/mol. The van der Waals surface area contributed by atoms with Crippen LogP contribution in [0.25, 0.3) is 10.8 Å². The number of fused-ring (bicyclic) bond motifs is 1. The Hall–Kier alpha value is -2.48. The summed E-state index contributed by atoms with van der Waals surface area (Å²) in [5.41, 5.74) is 0.892. The standard InChI is InChI=1S/C21H21FN2O3S/c22-17-6-8-18(9-7-17)28(26,27)24-13-11-23(12-14-24)15-20-19-4-2-1-3-16(19)5-10-21(20)25/h1-10,25H,11-15H2/p+1. The lowest BCUT2D eigenvalue weighted by atomic mass is 10.0. The minimum absolute atomic E-state index is 0.115. The maximum Gasteiger partial charge on any atom is 0.243 e. The van der Waals surface area contributed by atoms with Crippen LogP contribution in [-0.2, 0) is 16.6 Å². The molecule has 4 rings (SSSR count). The quantitative estimate of drug-likeness (QED) is 0.701. The minimum atomic E-state index is -3.61. The summed E-state index contributed by atoms with van der Waals surface area (Å²) >= 11 is 0. The van der Waals surface area contributed by atoms with Gasteiger partial charge in [0, 0.05) is 0 Å². The van der Waals surface area contributed by atoms with E-state index in [1.807, 2.05) is 30.3 Å². The first kappa shape index (κ1) is 18.9. The zero-order valence-electron chi connectivity index (χ0n) is 15.3. The topological polar surface area (TPSA) is 62.0 Å². The molecule has 1 aliphatic rings. The van der Waals surface area contributed by atoms with Crippen molar-refractivity contribution in [2.75, 3.05) is 26.2 Å². The summed E-state index contributed by atoms with van der Waals surface area (Å²) in [5, 5.41) is 12.4. The van der Waals surface area contributed by atoms with Crippen molar-refractivity contribution >= 4 is 20.8 Å². The number of quaternary nitrogens is 1. The van der Waals surface area contributed by atoms with Crippen molar-refractivity contribution in [1.82, 2.24) is 4.31 Å². The molecule has 28 heavy (non-hydrogen) atoms. The van der Waals surface area contributed by atoms with E-state index in [0.717, 1.165) is 28.5 Å². The number of hydrogen-bond acceptors (Lipinski definition) is 3. The molecule has 1 heterocycles. The van der Waals surface area contributed by atoms with Crippen LogP contribution in [0.4, 0.5) is 4.39 Å². The highest BCUT2D eigenvalue weighted by Crippen LogP contribution is 2.26. The van der Waals surface area contributed by atoms with E-state index in [1.165, 1.54) is 21.3 Å². The number of halogens is 1. The van der Waals surface area contributed by atoms with E-state index in [4.69, 9.17) is 0 Å². The molecular formula is C21H22FN2O3S+. The van der Waals surface area contributed by atoms with Gasteiger partial charge in [-0.2, -0.15) is 4.31 Å². The Morgan fingerprint density at radius 3 is 2.36 bits per heavy atom. The van der Waals surface area contributed by atoms with Crippen molar-refractivity contribution in [3.63, 3.8) is 0 Å². The zero-order valence-corrected chi connectivity index (χ0v) is 16.1. The first-order valence-electron chi connectivity index (χ1n) is 9.24. The van der Waals surface area contributed by atoms with Gasteiger partial charge < -0.3 is 10.0 Å². The number of benzene rings is 3. The lowest BCUT2D eigenvalue weighted by molar-refractivity contribution is -0.917. The van der Waals surface area contributed by atoms with Gasteiger partial charge in [0.2, 0.25) is 10.0 Å². The summed E-state index contributed by atoms with van der Waals surface area (Å²) in [5.74, 6) is -0.185. The Bertz CT molecular complexity index is 1090. The van der Waals surface area contributed by atoms with Crippen LogP contribution in [-0.4, -0.2) is 44.0 Å². The molecule has 0 aliphatic carbocycles. The number of piperazine rings is 1. The largest absolute Gasteiger partial charge is 0.507 e. The van der Waals surface area contributed by atoms with Gasteiger partial charge in [0.05, 0.1) is 36.6 Å². The molecule has 0 radical (unpaired) electrons. The highest BCUT2D eigenvalue weighted by atomic mass is 32.2. The number of nitrogens with zero attached hydrogens (tertiary/aromatic N) is 1. The van der Waals surface area contributed by atoms with Crippen LogP contribution in [0.15, 0.2) is 65.6 Å². The molecule has 146 valence electrons. The van der Waals surface area contributed by atoms with Crippen LogP contribution in [0.1, 0.15) is 5.56 Å². The Kier molecular flexibility index (Phi) is 5.05. The summed E-state index contributed by atoms with van der Waals surface area (Å²) in [7, 11) is -3.61. The summed E-state index contributed by atoms with van der Waals surface area (Å²) in [6.45, 7) is 2.70. The third-order valence-corrected chi connectivity index (χ3v) is 7.24. The smallest absolute Gasteiger partial charge is 0.243 e. The molecule has 0 atom stereocenters. The van der Waals surface area contributed by atoms with Gasteiger partial charge in [0.15, 0.2) is 0 Å². The fraction of sp³-hybridized carbons (Fsp3) is 0.238. The average Bonchev–Trinajstić information content (AvgIpc) is 2.71. The van der Waals surface area contributed by atoms with Gasteiger partial charge in [-0.3, -0.25) is 0 Å². The summed E-state index contributed by atoms with van der Waals surface area (Å²) in [6.07, 6.45) is 0. The second-order valence-corrected chi connectivity index (χ2v) is 9.01. The SMILES string of the molecule is O=S(=O)(c1ccc(F)cc1)N1CC[NH+](Cc2c(O)ccc3ccccc23)CC1. The fourth-order valence-corrected chi connectivity index (χ4v) is 5.18. The Morgan fingerprint density at radius 1 is 0.964 bits per heavy atom. The maximum absolute atomic E-state index is 13.1. The second kappa shape index (κ2) is 7.50. The third kappa shape index (κ3) is 3.61. The van der Waals surface area contributed by atoms with Crippen LogP contribution in [0.5, 0.6) is 5.75 Å². The van der Waals surface area contributed by atoms with Crippen molar-refractivity contribution < 1.29 is 22.8 Å². The Labute approximate surface area is 163 Å².